The van der Waals surface area contributed by atoms with Crippen molar-refractivity contribution in [1.82, 2.24) is 4.98 Å². The number of aromatic nitrogens is 1. The Labute approximate surface area is 148 Å². The molecule has 1 heterocycles. The molecular weight excluding hydrogens is 369 g/mol. The molecular formula is C17H13ClFNO2S2. The highest BCUT2D eigenvalue weighted by Crippen LogP contribution is 2.26. The average Bonchev–Trinajstić information content (AvgIpc) is 3.00. The van der Waals surface area contributed by atoms with Gasteiger partial charge in [-0.3, -0.25) is 0 Å². The zero-order valence-electron chi connectivity index (χ0n) is 12.4. The lowest BCUT2D eigenvalue weighted by Crippen LogP contribution is -2.09. The van der Waals surface area contributed by atoms with Crippen LogP contribution in [0.1, 0.15) is 11.3 Å². The number of nitrogens with zero attached hydrogens (tertiary/aromatic N) is 1. The molecule has 0 aliphatic rings. The van der Waals surface area contributed by atoms with Gasteiger partial charge in [0, 0.05) is 21.5 Å². The van der Waals surface area contributed by atoms with Gasteiger partial charge in [0.05, 0.1) is 17.2 Å². The zero-order valence-corrected chi connectivity index (χ0v) is 14.8. The maximum absolute atomic E-state index is 13.8. The quantitative estimate of drug-likeness (QED) is 0.642. The highest BCUT2D eigenvalue weighted by molar-refractivity contribution is 7.89. The largest absolute Gasteiger partial charge is 0.240 e. The number of halogens is 2. The predicted octanol–water partition coefficient (Wildman–Crippen LogP) is 4.72. The minimum absolute atomic E-state index is 0.00215. The van der Waals surface area contributed by atoms with Crippen LogP contribution in [0.4, 0.5) is 4.39 Å². The fraction of sp³-hybridized carbons (Fsp3) is 0.118. The standard InChI is InChI=1S/C17H13ClFNO2S2/c18-15-7-4-8-16(19)14(15)11-24(21,22)10-13-9-23-17(20-13)12-5-2-1-3-6-12/h1-9H,10-11H2. The first-order valence-corrected chi connectivity index (χ1v) is 10.2. The lowest BCUT2D eigenvalue weighted by molar-refractivity contribution is 0.586. The summed E-state index contributed by atoms with van der Waals surface area (Å²) in [6, 6.07) is 13.6. The van der Waals surface area contributed by atoms with Crippen molar-refractivity contribution in [2.75, 3.05) is 0 Å². The van der Waals surface area contributed by atoms with Gasteiger partial charge in [0.25, 0.3) is 0 Å². The Morgan fingerprint density at radius 3 is 2.50 bits per heavy atom. The van der Waals surface area contributed by atoms with Crippen LogP contribution in [0, 0.1) is 5.82 Å². The van der Waals surface area contributed by atoms with Gasteiger partial charge in [-0.2, -0.15) is 0 Å². The number of hydrogen-bond donors (Lipinski definition) is 0. The molecule has 0 saturated heterocycles. The molecule has 0 aliphatic heterocycles. The smallest absolute Gasteiger partial charge is 0.160 e. The summed E-state index contributed by atoms with van der Waals surface area (Å²) >= 11 is 7.28. The number of rotatable bonds is 5. The summed E-state index contributed by atoms with van der Waals surface area (Å²) in [7, 11) is -3.58. The zero-order chi connectivity index (χ0) is 17.2. The third-order valence-corrected chi connectivity index (χ3v) is 6.12. The molecule has 0 spiro atoms. The van der Waals surface area contributed by atoms with Crippen LogP contribution < -0.4 is 0 Å². The van der Waals surface area contributed by atoms with E-state index in [0.29, 0.717) is 5.69 Å². The summed E-state index contributed by atoms with van der Waals surface area (Å²) in [6.45, 7) is 0. The minimum atomic E-state index is -3.58. The molecule has 7 heteroatoms. The van der Waals surface area contributed by atoms with Crippen molar-refractivity contribution in [3.8, 4) is 10.6 Å². The number of benzene rings is 2. The number of thiazole rings is 1. The lowest BCUT2D eigenvalue weighted by atomic mass is 10.2. The molecule has 0 amide bonds. The monoisotopic (exact) mass is 381 g/mol. The fourth-order valence-electron chi connectivity index (χ4n) is 2.25. The summed E-state index contributed by atoms with van der Waals surface area (Å²) < 4.78 is 38.5. The molecule has 24 heavy (non-hydrogen) atoms. The van der Waals surface area contributed by atoms with Gasteiger partial charge in [-0.05, 0) is 12.1 Å². The topological polar surface area (TPSA) is 47.0 Å². The van der Waals surface area contributed by atoms with Crippen molar-refractivity contribution in [3.05, 3.63) is 76.0 Å². The van der Waals surface area contributed by atoms with Crippen molar-refractivity contribution < 1.29 is 12.8 Å². The van der Waals surface area contributed by atoms with Crippen molar-refractivity contribution in [2.24, 2.45) is 0 Å². The highest BCUT2D eigenvalue weighted by atomic mass is 35.5. The summed E-state index contributed by atoms with van der Waals surface area (Å²) in [6.07, 6.45) is 0. The SMILES string of the molecule is O=S(=O)(Cc1csc(-c2ccccc2)n1)Cc1c(F)cccc1Cl. The van der Waals surface area contributed by atoms with Crippen LogP contribution in [0.2, 0.25) is 5.02 Å². The van der Waals surface area contributed by atoms with E-state index in [1.54, 1.807) is 5.38 Å². The maximum atomic E-state index is 13.8. The highest BCUT2D eigenvalue weighted by Gasteiger charge is 2.19. The normalized spacial score (nSPS) is 11.6. The second-order valence-electron chi connectivity index (χ2n) is 5.24. The fourth-order valence-corrected chi connectivity index (χ4v) is 4.93. The molecule has 0 saturated carbocycles. The van der Waals surface area contributed by atoms with Crippen molar-refractivity contribution in [2.45, 2.75) is 11.5 Å². The molecule has 3 aromatic rings. The average molecular weight is 382 g/mol. The third kappa shape index (κ3) is 4.01. The molecule has 124 valence electrons. The Kier molecular flexibility index (Phi) is 4.99. The Hall–Kier alpha value is -1.76. The van der Waals surface area contributed by atoms with Crippen molar-refractivity contribution in [1.29, 1.82) is 0 Å². The van der Waals surface area contributed by atoms with Gasteiger partial charge in [-0.1, -0.05) is 48.0 Å². The molecule has 2 aromatic carbocycles. The molecule has 3 nitrogen and oxygen atoms in total. The van der Waals surface area contributed by atoms with Crippen LogP contribution in [0.5, 0.6) is 0 Å². The van der Waals surface area contributed by atoms with Gasteiger partial charge in [-0.15, -0.1) is 11.3 Å². The van der Waals surface area contributed by atoms with Crippen LogP contribution in [-0.4, -0.2) is 13.4 Å². The molecule has 0 radical (unpaired) electrons. The van der Waals surface area contributed by atoms with Gasteiger partial charge < -0.3 is 0 Å². The van der Waals surface area contributed by atoms with Crippen molar-refractivity contribution in [3.63, 3.8) is 0 Å². The molecule has 3 rings (SSSR count). The summed E-state index contributed by atoms with van der Waals surface area (Å²) in [5.41, 5.74) is 1.38. The van der Waals surface area contributed by atoms with E-state index in [1.807, 2.05) is 30.3 Å². The minimum Gasteiger partial charge on any atom is -0.240 e. The Balaban J connectivity index is 1.79. The maximum Gasteiger partial charge on any atom is 0.160 e. The Bertz CT molecular complexity index is 935. The molecule has 0 bridgehead atoms. The first-order valence-electron chi connectivity index (χ1n) is 7.08. The van der Waals surface area contributed by atoms with E-state index in [4.69, 9.17) is 11.6 Å². The van der Waals surface area contributed by atoms with Crippen LogP contribution in [-0.2, 0) is 21.3 Å². The molecule has 0 aliphatic carbocycles. The van der Waals surface area contributed by atoms with E-state index < -0.39 is 21.4 Å². The van der Waals surface area contributed by atoms with E-state index >= 15 is 0 Å². The summed E-state index contributed by atoms with van der Waals surface area (Å²) in [4.78, 5) is 4.36. The van der Waals surface area contributed by atoms with E-state index in [0.717, 1.165) is 10.6 Å². The van der Waals surface area contributed by atoms with Crippen molar-refractivity contribution >= 4 is 32.8 Å². The van der Waals surface area contributed by atoms with Crippen LogP contribution in [0.25, 0.3) is 10.6 Å². The van der Waals surface area contributed by atoms with Gasteiger partial charge in [0.2, 0.25) is 0 Å². The van der Waals surface area contributed by atoms with Crippen LogP contribution in [0.3, 0.4) is 0 Å². The van der Waals surface area contributed by atoms with E-state index in [9.17, 15) is 12.8 Å². The molecule has 0 fully saturated rings. The van der Waals surface area contributed by atoms with E-state index in [2.05, 4.69) is 4.98 Å². The van der Waals surface area contributed by atoms with Gasteiger partial charge in [0.15, 0.2) is 9.84 Å². The molecule has 0 N–H and O–H groups in total. The summed E-state index contributed by atoms with van der Waals surface area (Å²) in [5, 5.41) is 2.58. The molecule has 0 atom stereocenters. The van der Waals surface area contributed by atoms with Gasteiger partial charge >= 0.3 is 0 Å². The number of hydrogen-bond acceptors (Lipinski definition) is 4. The van der Waals surface area contributed by atoms with Gasteiger partial charge in [0.1, 0.15) is 10.8 Å². The Morgan fingerprint density at radius 2 is 1.79 bits per heavy atom. The third-order valence-electron chi connectivity index (χ3n) is 3.37. The first-order chi connectivity index (χ1) is 11.4. The Morgan fingerprint density at radius 1 is 1.04 bits per heavy atom. The predicted molar refractivity (Wildman–Crippen MR) is 95.3 cm³/mol. The van der Waals surface area contributed by atoms with E-state index in [1.165, 1.54) is 29.5 Å². The molecule has 1 aromatic heterocycles. The lowest BCUT2D eigenvalue weighted by Gasteiger charge is -2.06. The van der Waals surface area contributed by atoms with E-state index in [-0.39, 0.29) is 16.3 Å². The van der Waals surface area contributed by atoms with Crippen LogP contribution in [0.15, 0.2) is 53.9 Å². The van der Waals surface area contributed by atoms with Crippen LogP contribution >= 0.6 is 22.9 Å². The second-order valence-corrected chi connectivity index (χ2v) is 8.57. The first kappa shape index (κ1) is 17.1. The molecule has 0 unspecified atom stereocenters. The summed E-state index contributed by atoms with van der Waals surface area (Å²) in [5.74, 6) is -1.31. The second kappa shape index (κ2) is 7.01. The number of sulfone groups is 1. The van der Waals surface area contributed by atoms with Gasteiger partial charge in [-0.25, -0.2) is 17.8 Å².